The maximum atomic E-state index is 5.99. The zero-order valence-corrected chi connectivity index (χ0v) is 11.3. The Hall–Kier alpha value is -0.870. The lowest BCUT2D eigenvalue weighted by Gasteiger charge is -2.24. The quantitative estimate of drug-likeness (QED) is 0.864. The van der Waals surface area contributed by atoms with E-state index in [-0.39, 0.29) is 0 Å². The van der Waals surface area contributed by atoms with Crippen LogP contribution in [0.25, 0.3) is 0 Å². The molecule has 2 N–H and O–H groups in total. The smallest absolute Gasteiger partial charge is 0.0641 e. The van der Waals surface area contributed by atoms with Crippen LogP contribution in [0.15, 0.2) is 6.20 Å². The van der Waals surface area contributed by atoms with Crippen molar-refractivity contribution in [2.45, 2.75) is 39.3 Å². The van der Waals surface area contributed by atoms with Crippen molar-refractivity contribution in [3.8, 4) is 0 Å². The lowest BCUT2D eigenvalue weighted by molar-refractivity contribution is 0.247. The van der Waals surface area contributed by atoms with Crippen molar-refractivity contribution in [3.63, 3.8) is 0 Å². The van der Waals surface area contributed by atoms with E-state index in [0.29, 0.717) is 18.0 Å². The first-order valence-electron chi connectivity index (χ1n) is 6.48. The second-order valence-corrected chi connectivity index (χ2v) is 5.42. The van der Waals surface area contributed by atoms with Gasteiger partial charge in [0.15, 0.2) is 0 Å². The maximum Gasteiger partial charge on any atom is 0.0641 e. The Morgan fingerprint density at radius 3 is 2.65 bits per heavy atom. The minimum absolute atomic E-state index is 0.308. The molecule has 1 saturated heterocycles. The highest BCUT2D eigenvalue weighted by atomic mass is 15.3. The molecule has 1 aromatic heterocycles. The summed E-state index contributed by atoms with van der Waals surface area (Å²) >= 11 is 0. The predicted molar refractivity (Wildman–Crippen MR) is 69.7 cm³/mol. The van der Waals surface area contributed by atoms with Gasteiger partial charge in [-0.3, -0.25) is 9.58 Å². The highest BCUT2D eigenvalue weighted by molar-refractivity contribution is 5.19. The summed E-state index contributed by atoms with van der Waals surface area (Å²) in [7, 11) is 1.98. The number of rotatable bonds is 3. The molecule has 96 valence electrons. The van der Waals surface area contributed by atoms with Gasteiger partial charge in [-0.1, -0.05) is 0 Å². The normalized spacial score (nSPS) is 25.1. The van der Waals surface area contributed by atoms with Crippen molar-refractivity contribution in [2.75, 3.05) is 13.1 Å². The van der Waals surface area contributed by atoms with E-state index in [1.807, 2.05) is 11.7 Å². The van der Waals surface area contributed by atoms with Crippen LogP contribution >= 0.6 is 0 Å². The number of likely N-dealkylation sites (tertiary alicyclic amines) is 1. The third-order valence-electron chi connectivity index (χ3n) is 4.05. The fraction of sp³-hybridized carbons (Fsp3) is 0.769. The molecule has 1 fully saturated rings. The molecule has 0 aliphatic carbocycles. The van der Waals surface area contributed by atoms with Crippen molar-refractivity contribution in [1.82, 2.24) is 14.7 Å². The fourth-order valence-electron chi connectivity index (χ4n) is 2.82. The third kappa shape index (κ3) is 2.53. The summed E-state index contributed by atoms with van der Waals surface area (Å²) < 4.78 is 1.90. The van der Waals surface area contributed by atoms with Crippen molar-refractivity contribution in [3.05, 3.63) is 17.5 Å². The number of hydrogen-bond donors (Lipinski definition) is 1. The molecule has 3 atom stereocenters. The lowest BCUT2D eigenvalue weighted by Crippen LogP contribution is -2.31. The van der Waals surface area contributed by atoms with Gasteiger partial charge in [0.25, 0.3) is 0 Å². The summed E-state index contributed by atoms with van der Waals surface area (Å²) in [5.41, 5.74) is 8.48. The first kappa shape index (κ1) is 12.6. The predicted octanol–water partition coefficient (Wildman–Crippen LogP) is 1.46. The fourth-order valence-corrected chi connectivity index (χ4v) is 2.82. The van der Waals surface area contributed by atoms with Crippen LogP contribution in [0.3, 0.4) is 0 Å². The molecular weight excluding hydrogens is 212 g/mol. The molecule has 1 aliphatic heterocycles. The number of aromatic nitrogens is 2. The molecule has 2 heterocycles. The second-order valence-electron chi connectivity index (χ2n) is 5.42. The molecule has 1 aromatic rings. The third-order valence-corrected chi connectivity index (χ3v) is 4.05. The van der Waals surface area contributed by atoms with Crippen molar-refractivity contribution in [1.29, 1.82) is 0 Å². The Balaban J connectivity index is 2.06. The van der Waals surface area contributed by atoms with Gasteiger partial charge in [0, 0.05) is 37.4 Å². The van der Waals surface area contributed by atoms with E-state index in [0.717, 1.165) is 18.8 Å². The van der Waals surface area contributed by atoms with Crippen molar-refractivity contribution in [2.24, 2.45) is 18.7 Å². The Bertz CT molecular complexity index is 383. The van der Waals surface area contributed by atoms with E-state index in [1.165, 1.54) is 12.0 Å². The van der Waals surface area contributed by atoms with Crippen molar-refractivity contribution >= 4 is 0 Å². The van der Waals surface area contributed by atoms with Gasteiger partial charge in [-0.2, -0.15) is 5.10 Å². The zero-order valence-electron chi connectivity index (χ0n) is 11.3. The Morgan fingerprint density at radius 1 is 1.47 bits per heavy atom. The topological polar surface area (TPSA) is 47.1 Å². The Kier molecular flexibility index (Phi) is 3.54. The van der Waals surface area contributed by atoms with Gasteiger partial charge in [-0.25, -0.2) is 0 Å². The highest BCUT2D eigenvalue weighted by Crippen LogP contribution is 2.29. The molecule has 2 rings (SSSR count). The number of nitrogens with zero attached hydrogens (tertiary/aromatic N) is 3. The molecule has 0 saturated carbocycles. The van der Waals surface area contributed by atoms with Crippen LogP contribution in [0.2, 0.25) is 0 Å². The van der Waals surface area contributed by atoms with Crippen molar-refractivity contribution < 1.29 is 0 Å². The molecule has 0 bridgehead atoms. The molecule has 17 heavy (non-hydrogen) atoms. The van der Waals surface area contributed by atoms with Gasteiger partial charge in [-0.05, 0) is 39.7 Å². The minimum Gasteiger partial charge on any atom is -0.328 e. The van der Waals surface area contributed by atoms with E-state index in [2.05, 4.69) is 37.0 Å². The molecule has 0 spiro atoms. The monoisotopic (exact) mass is 236 g/mol. The van der Waals surface area contributed by atoms with Crippen LogP contribution in [0.1, 0.15) is 37.6 Å². The average molecular weight is 236 g/mol. The summed E-state index contributed by atoms with van der Waals surface area (Å²) in [6.45, 7) is 8.75. The van der Waals surface area contributed by atoms with Gasteiger partial charge >= 0.3 is 0 Å². The minimum atomic E-state index is 0.308. The van der Waals surface area contributed by atoms with Gasteiger partial charge in [0.2, 0.25) is 0 Å². The summed E-state index contributed by atoms with van der Waals surface area (Å²) in [6, 6.07) is 0.759. The molecule has 1 aliphatic rings. The SMILES string of the molecule is Cc1nn(C)cc1C(C)N1CCC(C(C)N)C1. The summed E-state index contributed by atoms with van der Waals surface area (Å²) in [5.74, 6) is 0.648. The maximum absolute atomic E-state index is 5.99. The molecule has 4 nitrogen and oxygen atoms in total. The Morgan fingerprint density at radius 2 is 2.18 bits per heavy atom. The molecule has 4 heteroatoms. The van der Waals surface area contributed by atoms with Crippen LogP contribution in [0, 0.1) is 12.8 Å². The highest BCUT2D eigenvalue weighted by Gasteiger charge is 2.29. The number of hydrogen-bond acceptors (Lipinski definition) is 3. The van der Waals surface area contributed by atoms with E-state index in [9.17, 15) is 0 Å². The summed E-state index contributed by atoms with van der Waals surface area (Å²) in [6.07, 6.45) is 3.36. The standard InChI is InChI=1S/C13H24N4/c1-9(14)12-5-6-17(7-12)11(3)13-8-16(4)15-10(13)2/h8-9,11-12H,5-7,14H2,1-4H3. The summed E-state index contributed by atoms with van der Waals surface area (Å²) in [5, 5.41) is 4.42. The lowest BCUT2D eigenvalue weighted by atomic mass is 10.0. The van der Waals surface area contributed by atoms with Gasteiger partial charge in [0.05, 0.1) is 5.69 Å². The molecule has 0 radical (unpaired) electrons. The van der Waals surface area contributed by atoms with Crippen LogP contribution < -0.4 is 5.73 Å². The van der Waals surface area contributed by atoms with Crippen LogP contribution in [-0.4, -0.2) is 33.8 Å². The van der Waals surface area contributed by atoms with E-state index in [4.69, 9.17) is 5.73 Å². The first-order valence-corrected chi connectivity index (χ1v) is 6.48. The van der Waals surface area contributed by atoms with E-state index >= 15 is 0 Å². The Labute approximate surface area is 104 Å². The van der Waals surface area contributed by atoms with E-state index < -0.39 is 0 Å². The molecule has 0 amide bonds. The number of nitrogens with two attached hydrogens (primary N) is 1. The van der Waals surface area contributed by atoms with Crippen LogP contribution in [0.5, 0.6) is 0 Å². The number of aryl methyl sites for hydroxylation is 2. The van der Waals surface area contributed by atoms with Gasteiger partial charge < -0.3 is 5.73 Å². The van der Waals surface area contributed by atoms with E-state index in [1.54, 1.807) is 0 Å². The largest absolute Gasteiger partial charge is 0.328 e. The van der Waals surface area contributed by atoms with Gasteiger partial charge in [-0.15, -0.1) is 0 Å². The summed E-state index contributed by atoms with van der Waals surface area (Å²) in [4.78, 5) is 2.53. The van der Waals surface area contributed by atoms with Crippen LogP contribution in [-0.2, 0) is 7.05 Å². The first-order chi connectivity index (χ1) is 7.99. The zero-order chi connectivity index (χ0) is 12.6. The second kappa shape index (κ2) is 4.78. The molecule has 0 aromatic carbocycles. The van der Waals surface area contributed by atoms with Crippen LogP contribution in [0.4, 0.5) is 0 Å². The molecule has 3 unspecified atom stereocenters. The molecular formula is C13H24N4. The average Bonchev–Trinajstić information content (AvgIpc) is 2.84. The van der Waals surface area contributed by atoms with Gasteiger partial charge in [0.1, 0.15) is 0 Å².